The van der Waals surface area contributed by atoms with Crippen molar-refractivity contribution in [3.63, 3.8) is 0 Å². The average molecular weight is 504 g/mol. The summed E-state index contributed by atoms with van der Waals surface area (Å²) in [5, 5.41) is 10.4. The molecule has 1 atom stereocenters. The maximum atomic E-state index is 13.3. The highest BCUT2D eigenvalue weighted by molar-refractivity contribution is 6.15. The lowest BCUT2D eigenvalue weighted by Gasteiger charge is -2.27. The van der Waals surface area contributed by atoms with E-state index >= 15 is 0 Å². The van der Waals surface area contributed by atoms with E-state index in [9.17, 15) is 14.7 Å². The van der Waals surface area contributed by atoms with Crippen LogP contribution in [-0.4, -0.2) is 45.3 Å². The molecule has 3 aromatic carbocycles. The second-order valence-corrected chi connectivity index (χ2v) is 8.38. The van der Waals surface area contributed by atoms with E-state index < -0.39 is 11.9 Å². The number of rotatable bonds is 6. The smallest absolute Gasteiger partial charge is 0.312 e. The Hall–Kier alpha value is -4.66. The van der Waals surface area contributed by atoms with Crippen LogP contribution in [0.15, 0.2) is 48.2 Å². The molecule has 2 heterocycles. The molecule has 9 nitrogen and oxygen atoms in total. The minimum absolute atomic E-state index is 0.0131. The standard InChI is InChI=1S/C28H24O9/c1-32-19-7-5-6-14(27(19)35-4)10-22-25(30)16-8-9-18-24(28(16)37-22)17(13-23(29)36-18)15-11-20(33-2)26(31)21(12-15)34-3/h5-12,17,31H,13H2,1-4H3. The first kappa shape index (κ1) is 24.1. The molecular formula is C28H24O9. The molecule has 0 saturated carbocycles. The van der Waals surface area contributed by atoms with Crippen LogP contribution >= 0.6 is 0 Å². The lowest BCUT2D eigenvalue weighted by molar-refractivity contribution is -0.135. The zero-order valence-electron chi connectivity index (χ0n) is 20.6. The molecule has 9 heteroatoms. The van der Waals surface area contributed by atoms with Crippen molar-refractivity contribution < 1.29 is 43.1 Å². The van der Waals surface area contributed by atoms with Gasteiger partial charge in [-0.3, -0.25) is 9.59 Å². The summed E-state index contributed by atoms with van der Waals surface area (Å²) in [6.45, 7) is 0. The zero-order chi connectivity index (χ0) is 26.3. The number of hydrogen-bond acceptors (Lipinski definition) is 9. The third-order valence-electron chi connectivity index (χ3n) is 6.40. The van der Waals surface area contributed by atoms with Crippen LogP contribution in [0.1, 0.15) is 39.4 Å². The van der Waals surface area contributed by atoms with Crippen molar-refractivity contribution in [3.8, 4) is 40.2 Å². The van der Waals surface area contributed by atoms with Crippen molar-refractivity contribution in [2.24, 2.45) is 0 Å². The molecule has 1 N–H and O–H groups in total. The predicted octanol–water partition coefficient (Wildman–Crippen LogP) is 4.48. The van der Waals surface area contributed by atoms with Gasteiger partial charge in [-0.25, -0.2) is 0 Å². The number of phenolic OH excluding ortho intramolecular Hbond substituents is 1. The molecule has 5 rings (SSSR count). The first-order valence-electron chi connectivity index (χ1n) is 11.4. The second kappa shape index (κ2) is 9.42. The molecule has 37 heavy (non-hydrogen) atoms. The maximum absolute atomic E-state index is 13.3. The van der Waals surface area contributed by atoms with Crippen molar-refractivity contribution in [1.82, 2.24) is 0 Å². The van der Waals surface area contributed by atoms with Crippen LogP contribution in [0.3, 0.4) is 0 Å². The molecule has 0 bridgehead atoms. The molecule has 2 aliphatic rings. The first-order chi connectivity index (χ1) is 17.9. The largest absolute Gasteiger partial charge is 0.502 e. The molecule has 0 aromatic heterocycles. The number of allylic oxidation sites excluding steroid dienone is 1. The molecular weight excluding hydrogens is 480 g/mol. The van der Waals surface area contributed by atoms with Gasteiger partial charge in [-0.1, -0.05) is 12.1 Å². The fourth-order valence-corrected chi connectivity index (χ4v) is 4.67. The van der Waals surface area contributed by atoms with Crippen LogP contribution < -0.4 is 28.4 Å². The van der Waals surface area contributed by atoms with Crippen molar-refractivity contribution in [2.45, 2.75) is 12.3 Å². The molecule has 0 aliphatic carbocycles. The molecule has 3 aromatic rings. The maximum Gasteiger partial charge on any atom is 0.312 e. The van der Waals surface area contributed by atoms with E-state index in [-0.39, 0.29) is 35.2 Å². The number of Topliss-reactive ketones (excluding diaryl/α,β-unsaturated/α-hetero) is 1. The highest BCUT2D eigenvalue weighted by atomic mass is 16.5. The fraction of sp³-hybridized carbons (Fsp3) is 0.214. The minimum atomic E-state index is -0.548. The van der Waals surface area contributed by atoms with Crippen molar-refractivity contribution >= 4 is 17.8 Å². The number of para-hydroxylation sites is 1. The molecule has 0 spiro atoms. The van der Waals surface area contributed by atoms with Crippen LogP contribution in [0, 0.1) is 0 Å². The molecule has 190 valence electrons. The normalized spacial score (nSPS) is 17.0. The van der Waals surface area contributed by atoms with Gasteiger partial charge in [0, 0.05) is 17.0 Å². The molecule has 0 fully saturated rings. The number of carbonyl (C=O) groups is 2. The molecule has 0 saturated heterocycles. The highest BCUT2D eigenvalue weighted by Crippen LogP contribution is 2.51. The van der Waals surface area contributed by atoms with Gasteiger partial charge in [0.1, 0.15) is 11.5 Å². The number of hydrogen-bond donors (Lipinski definition) is 1. The van der Waals surface area contributed by atoms with Crippen LogP contribution in [0.5, 0.6) is 40.2 Å². The van der Waals surface area contributed by atoms with E-state index in [0.717, 1.165) is 0 Å². The first-order valence-corrected chi connectivity index (χ1v) is 11.4. The minimum Gasteiger partial charge on any atom is -0.502 e. The van der Waals surface area contributed by atoms with Crippen molar-refractivity contribution in [1.29, 1.82) is 0 Å². The van der Waals surface area contributed by atoms with Crippen LogP contribution in [0.2, 0.25) is 0 Å². The monoisotopic (exact) mass is 504 g/mol. The second-order valence-electron chi connectivity index (χ2n) is 8.38. The summed E-state index contributed by atoms with van der Waals surface area (Å²) in [5.74, 6) is 0.563. The van der Waals surface area contributed by atoms with E-state index in [1.807, 2.05) is 0 Å². The van der Waals surface area contributed by atoms with Gasteiger partial charge in [-0.2, -0.15) is 0 Å². The number of ether oxygens (including phenoxy) is 6. The van der Waals surface area contributed by atoms with Crippen LogP contribution in [-0.2, 0) is 4.79 Å². The Balaban J connectivity index is 1.63. The summed E-state index contributed by atoms with van der Waals surface area (Å²) in [7, 11) is 5.89. The van der Waals surface area contributed by atoms with Crippen molar-refractivity contribution in [3.05, 3.63) is 70.5 Å². The van der Waals surface area contributed by atoms with Gasteiger partial charge in [-0.05, 0) is 42.0 Å². The third-order valence-corrected chi connectivity index (χ3v) is 6.40. The number of benzene rings is 3. The number of ketones is 1. The number of esters is 1. The van der Waals surface area contributed by atoms with Gasteiger partial charge >= 0.3 is 5.97 Å². The SMILES string of the molecule is COc1cc(C2CC(=O)Oc3ccc4c(c32)OC(=Cc2cccc(OC)c2OC)C4=O)cc(OC)c1O. The summed E-state index contributed by atoms with van der Waals surface area (Å²) in [6, 6.07) is 11.7. The van der Waals surface area contributed by atoms with Crippen LogP contribution in [0.4, 0.5) is 0 Å². The van der Waals surface area contributed by atoms with Crippen LogP contribution in [0.25, 0.3) is 6.08 Å². The zero-order valence-corrected chi connectivity index (χ0v) is 20.6. The molecule has 0 amide bonds. The number of phenols is 1. The van der Waals surface area contributed by atoms with Gasteiger partial charge < -0.3 is 33.5 Å². The Kier molecular flexibility index (Phi) is 6.12. The Labute approximate surface area is 212 Å². The van der Waals surface area contributed by atoms with E-state index in [1.54, 1.807) is 48.5 Å². The lowest BCUT2D eigenvalue weighted by Crippen LogP contribution is -2.21. The van der Waals surface area contributed by atoms with Gasteiger partial charge in [-0.15, -0.1) is 0 Å². The van der Waals surface area contributed by atoms with E-state index in [1.165, 1.54) is 28.4 Å². The van der Waals surface area contributed by atoms with Gasteiger partial charge in [0.2, 0.25) is 11.5 Å². The van der Waals surface area contributed by atoms with Crippen molar-refractivity contribution in [2.75, 3.05) is 28.4 Å². The van der Waals surface area contributed by atoms with Gasteiger partial charge in [0.25, 0.3) is 0 Å². The number of aromatic hydroxyl groups is 1. The Morgan fingerprint density at radius 1 is 0.892 bits per heavy atom. The van der Waals surface area contributed by atoms with E-state index in [0.29, 0.717) is 45.3 Å². The number of carbonyl (C=O) groups excluding carboxylic acids is 2. The fourth-order valence-electron chi connectivity index (χ4n) is 4.67. The third kappa shape index (κ3) is 3.98. The van der Waals surface area contributed by atoms with E-state index in [4.69, 9.17) is 28.4 Å². The topological polar surface area (TPSA) is 110 Å². The Bertz CT molecular complexity index is 1430. The van der Waals surface area contributed by atoms with Gasteiger partial charge in [0.15, 0.2) is 28.8 Å². The molecule has 0 radical (unpaired) electrons. The van der Waals surface area contributed by atoms with E-state index in [2.05, 4.69) is 0 Å². The summed E-state index contributed by atoms with van der Waals surface area (Å²) in [5.41, 5.74) is 2.11. The predicted molar refractivity (Wildman–Crippen MR) is 132 cm³/mol. The highest BCUT2D eigenvalue weighted by Gasteiger charge is 2.39. The summed E-state index contributed by atoms with van der Waals surface area (Å²) in [4.78, 5) is 25.9. The molecule has 1 unspecified atom stereocenters. The number of fused-ring (bicyclic) bond motifs is 3. The Morgan fingerprint density at radius 2 is 1.59 bits per heavy atom. The summed E-state index contributed by atoms with van der Waals surface area (Å²) < 4.78 is 33.1. The van der Waals surface area contributed by atoms with Gasteiger partial charge in [0.05, 0.1) is 40.4 Å². The lowest BCUT2D eigenvalue weighted by atomic mass is 9.84. The molecule has 2 aliphatic heterocycles. The number of methoxy groups -OCH3 is 4. The summed E-state index contributed by atoms with van der Waals surface area (Å²) in [6.07, 6.45) is 1.58. The Morgan fingerprint density at radius 3 is 2.24 bits per heavy atom. The summed E-state index contributed by atoms with van der Waals surface area (Å²) >= 11 is 0. The quantitative estimate of drug-likeness (QED) is 0.295. The average Bonchev–Trinajstić information content (AvgIpc) is 3.22.